The van der Waals surface area contributed by atoms with Crippen LogP contribution in [0.3, 0.4) is 0 Å². The van der Waals surface area contributed by atoms with Crippen LogP contribution in [-0.4, -0.2) is 28.1 Å². The number of phenolic OH excluding ortho intramolecular Hbond substituents is 1. The summed E-state index contributed by atoms with van der Waals surface area (Å²) in [6.45, 7) is 1.94. The Balaban J connectivity index is 2.78. The molecule has 19 heavy (non-hydrogen) atoms. The van der Waals surface area contributed by atoms with E-state index < -0.39 is 17.9 Å². The molecule has 0 unspecified atom stereocenters. The monoisotopic (exact) mass is 285 g/mol. The molecule has 1 rings (SSSR count). The Labute approximate surface area is 116 Å². The lowest BCUT2D eigenvalue weighted by Crippen LogP contribution is -2.40. The van der Waals surface area contributed by atoms with E-state index in [4.69, 9.17) is 16.7 Å². The first-order chi connectivity index (χ1) is 8.95. The Morgan fingerprint density at radius 3 is 2.63 bits per heavy atom. The normalized spacial score (nSPS) is 11.9. The topological polar surface area (TPSA) is 86.6 Å². The Bertz CT molecular complexity index is 476. The Hall–Kier alpha value is -1.75. The van der Waals surface area contributed by atoms with Crippen LogP contribution in [0, 0.1) is 0 Å². The molecule has 0 spiro atoms. The fourth-order valence-corrected chi connectivity index (χ4v) is 1.76. The lowest BCUT2D eigenvalue weighted by Gasteiger charge is -2.14. The number of hydrogen-bond donors (Lipinski definition) is 3. The smallest absolute Gasteiger partial charge is 0.326 e. The van der Waals surface area contributed by atoms with Crippen LogP contribution in [0.2, 0.25) is 5.02 Å². The second-order valence-electron chi connectivity index (χ2n) is 4.17. The number of phenols is 1. The molecule has 1 aromatic carbocycles. The average Bonchev–Trinajstić information content (AvgIpc) is 2.33. The van der Waals surface area contributed by atoms with Crippen molar-refractivity contribution in [3.63, 3.8) is 0 Å². The highest BCUT2D eigenvalue weighted by atomic mass is 35.5. The van der Waals surface area contributed by atoms with Gasteiger partial charge in [0.2, 0.25) is 0 Å². The van der Waals surface area contributed by atoms with Crippen molar-refractivity contribution in [3.8, 4) is 5.75 Å². The molecule has 0 bridgehead atoms. The molecule has 0 saturated carbocycles. The molecule has 0 saturated heterocycles. The zero-order valence-corrected chi connectivity index (χ0v) is 11.3. The van der Waals surface area contributed by atoms with E-state index in [0.717, 1.165) is 6.42 Å². The van der Waals surface area contributed by atoms with Gasteiger partial charge in [0.15, 0.2) is 0 Å². The third kappa shape index (κ3) is 4.44. The molecular weight excluding hydrogens is 270 g/mol. The molecule has 0 fully saturated rings. The maximum Gasteiger partial charge on any atom is 0.326 e. The van der Waals surface area contributed by atoms with Gasteiger partial charge in [0.1, 0.15) is 11.8 Å². The summed E-state index contributed by atoms with van der Waals surface area (Å²) in [4.78, 5) is 22.9. The van der Waals surface area contributed by atoms with E-state index in [1.807, 2.05) is 6.92 Å². The van der Waals surface area contributed by atoms with Crippen LogP contribution >= 0.6 is 11.6 Å². The Kier molecular flexibility index (Phi) is 5.63. The summed E-state index contributed by atoms with van der Waals surface area (Å²) in [5, 5.41) is 21.3. The molecule has 0 aromatic heterocycles. The minimum atomic E-state index is -1.09. The van der Waals surface area contributed by atoms with Crippen LogP contribution in [-0.2, 0) is 4.79 Å². The second-order valence-corrected chi connectivity index (χ2v) is 4.60. The number of hydrogen-bond acceptors (Lipinski definition) is 3. The molecule has 1 aromatic rings. The molecule has 6 heteroatoms. The zero-order chi connectivity index (χ0) is 14.4. The highest BCUT2D eigenvalue weighted by Crippen LogP contribution is 2.21. The molecule has 1 amide bonds. The number of rotatable bonds is 6. The first-order valence-electron chi connectivity index (χ1n) is 5.98. The van der Waals surface area contributed by atoms with Gasteiger partial charge in [-0.15, -0.1) is 0 Å². The van der Waals surface area contributed by atoms with Crippen molar-refractivity contribution in [2.75, 3.05) is 0 Å². The molecule has 104 valence electrons. The first kappa shape index (κ1) is 15.3. The van der Waals surface area contributed by atoms with Crippen molar-refractivity contribution < 1.29 is 19.8 Å². The third-order valence-electron chi connectivity index (χ3n) is 2.65. The predicted molar refractivity (Wildman–Crippen MR) is 71.5 cm³/mol. The minimum Gasteiger partial charge on any atom is -0.507 e. The number of aromatic hydroxyl groups is 1. The number of amides is 1. The molecule has 0 heterocycles. The van der Waals surface area contributed by atoms with E-state index in [1.54, 1.807) is 0 Å². The van der Waals surface area contributed by atoms with Gasteiger partial charge in [-0.3, -0.25) is 4.79 Å². The van der Waals surface area contributed by atoms with E-state index >= 15 is 0 Å². The van der Waals surface area contributed by atoms with Gasteiger partial charge in [0.05, 0.1) is 5.56 Å². The van der Waals surface area contributed by atoms with E-state index in [1.165, 1.54) is 18.2 Å². The van der Waals surface area contributed by atoms with Gasteiger partial charge in [-0.2, -0.15) is 0 Å². The number of unbranched alkanes of at least 4 members (excludes halogenated alkanes) is 1. The number of carbonyl (C=O) groups excluding carboxylic acids is 1. The van der Waals surface area contributed by atoms with Crippen LogP contribution in [0.4, 0.5) is 0 Å². The Morgan fingerprint density at radius 1 is 1.42 bits per heavy atom. The van der Waals surface area contributed by atoms with E-state index in [-0.39, 0.29) is 11.3 Å². The maximum absolute atomic E-state index is 11.9. The molecule has 1 atom stereocenters. The molecule has 5 nitrogen and oxygen atoms in total. The summed E-state index contributed by atoms with van der Waals surface area (Å²) >= 11 is 5.66. The fourth-order valence-electron chi connectivity index (χ4n) is 1.60. The highest BCUT2D eigenvalue weighted by Gasteiger charge is 2.21. The summed E-state index contributed by atoms with van der Waals surface area (Å²) in [5.41, 5.74) is 0.00662. The largest absolute Gasteiger partial charge is 0.507 e. The number of halogens is 1. The molecule has 0 aliphatic heterocycles. The van der Waals surface area contributed by atoms with Crippen LogP contribution in [0.1, 0.15) is 36.5 Å². The first-order valence-corrected chi connectivity index (χ1v) is 6.35. The van der Waals surface area contributed by atoms with Crippen molar-refractivity contribution >= 4 is 23.5 Å². The van der Waals surface area contributed by atoms with Gasteiger partial charge >= 0.3 is 5.97 Å². The number of carbonyl (C=O) groups is 2. The summed E-state index contributed by atoms with van der Waals surface area (Å²) in [6, 6.07) is 3.09. The van der Waals surface area contributed by atoms with Crippen molar-refractivity contribution in [1.29, 1.82) is 0 Å². The van der Waals surface area contributed by atoms with Crippen LogP contribution in [0.25, 0.3) is 0 Å². The van der Waals surface area contributed by atoms with Gasteiger partial charge in [-0.25, -0.2) is 4.79 Å². The Morgan fingerprint density at radius 2 is 2.11 bits per heavy atom. The molecule has 0 aliphatic carbocycles. The van der Waals surface area contributed by atoms with E-state index in [9.17, 15) is 14.7 Å². The SMILES string of the molecule is CCCC[C@H](NC(=O)c1ccc(Cl)cc1O)C(=O)O. The number of benzene rings is 1. The number of nitrogens with one attached hydrogen (secondary N) is 1. The molecule has 0 aliphatic rings. The zero-order valence-electron chi connectivity index (χ0n) is 10.5. The number of aliphatic carboxylic acids is 1. The summed E-state index contributed by atoms with van der Waals surface area (Å²) in [6.07, 6.45) is 1.89. The summed E-state index contributed by atoms with van der Waals surface area (Å²) in [5.74, 6) is -1.99. The van der Waals surface area contributed by atoms with Gasteiger partial charge in [0, 0.05) is 5.02 Å². The molecule has 0 radical (unpaired) electrons. The molecular formula is C13H16ClNO4. The van der Waals surface area contributed by atoms with Crippen LogP contribution < -0.4 is 5.32 Å². The molecule has 3 N–H and O–H groups in total. The number of carboxylic acids is 1. The minimum absolute atomic E-state index is 0.00662. The second kappa shape index (κ2) is 6.99. The van der Waals surface area contributed by atoms with Crippen molar-refractivity contribution in [1.82, 2.24) is 5.32 Å². The van der Waals surface area contributed by atoms with Crippen molar-refractivity contribution in [2.24, 2.45) is 0 Å². The lowest BCUT2D eigenvalue weighted by molar-refractivity contribution is -0.139. The quantitative estimate of drug-likeness (QED) is 0.749. The van der Waals surface area contributed by atoms with Gasteiger partial charge in [-0.05, 0) is 24.6 Å². The van der Waals surface area contributed by atoms with Gasteiger partial charge in [-0.1, -0.05) is 31.4 Å². The number of carboxylic acid groups (broad SMARTS) is 1. The van der Waals surface area contributed by atoms with Gasteiger partial charge < -0.3 is 15.5 Å². The third-order valence-corrected chi connectivity index (χ3v) is 2.89. The van der Waals surface area contributed by atoms with Crippen LogP contribution in [0.15, 0.2) is 18.2 Å². The van der Waals surface area contributed by atoms with E-state index in [2.05, 4.69) is 5.32 Å². The summed E-state index contributed by atoms with van der Waals surface area (Å²) in [7, 11) is 0. The average molecular weight is 286 g/mol. The van der Waals surface area contributed by atoms with Crippen LogP contribution in [0.5, 0.6) is 5.75 Å². The summed E-state index contributed by atoms with van der Waals surface area (Å²) < 4.78 is 0. The fraction of sp³-hybridized carbons (Fsp3) is 0.385. The lowest BCUT2D eigenvalue weighted by atomic mass is 10.1. The van der Waals surface area contributed by atoms with Gasteiger partial charge in [0.25, 0.3) is 5.91 Å². The van der Waals surface area contributed by atoms with E-state index in [0.29, 0.717) is 17.9 Å². The maximum atomic E-state index is 11.9. The standard InChI is InChI=1S/C13H16ClNO4/c1-2-3-4-10(13(18)19)15-12(17)9-6-5-8(14)7-11(9)16/h5-7,10,16H,2-4H2,1H3,(H,15,17)(H,18,19)/t10-/m0/s1. The van der Waals surface area contributed by atoms with Crippen molar-refractivity contribution in [3.05, 3.63) is 28.8 Å². The highest BCUT2D eigenvalue weighted by molar-refractivity contribution is 6.30. The van der Waals surface area contributed by atoms with Crippen molar-refractivity contribution in [2.45, 2.75) is 32.2 Å². The predicted octanol–water partition coefficient (Wildman–Crippen LogP) is 2.42.